The molecule has 0 bridgehead atoms. The Kier molecular flexibility index (Phi) is 5.41. The standard InChI is InChI=1S/C16H21NO5S/c1-23(21,22)14-7-5-13(6-8-14)16(20)17-10-2-3-12(11-17)4-9-15(18)19/h5-8,12H,2-4,9-11H2,1H3,(H,18,19)/t12-/m1/s1. The van der Waals surface area contributed by atoms with E-state index < -0.39 is 15.8 Å². The quantitative estimate of drug-likeness (QED) is 0.883. The predicted molar refractivity (Wildman–Crippen MR) is 85.0 cm³/mol. The van der Waals surface area contributed by atoms with Crippen molar-refractivity contribution in [1.29, 1.82) is 0 Å². The third-order valence-corrected chi connectivity index (χ3v) is 5.23. The average Bonchev–Trinajstić information content (AvgIpc) is 2.52. The maximum atomic E-state index is 12.5. The summed E-state index contributed by atoms with van der Waals surface area (Å²) in [6, 6.07) is 5.93. The van der Waals surface area contributed by atoms with Gasteiger partial charge in [-0.05, 0) is 49.4 Å². The summed E-state index contributed by atoms with van der Waals surface area (Å²) in [5, 5.41) is 8.76. The number of amides is 1. The second kappa shape index (κ2) is 7.12. The Bertz CT molecular complexity index is 681. The van der Waals surface area contributed by atoms with Crippen LogP contribution in [-0.2, 0) is 14.6 Å². The number of carbonyl (C=O) groups excluding carboxylic acids is 1. The molecule has 0 aliphatic carbocycles. The number of hydrogen-bond acceptors (Lipinski definition) is 4. The molecular weight excluding hydrogens is 318 g/mol. The van der Waals surface area contributed by atoms with E-state index in [-0.39, 0.29) is 23.1 Å². The summed E-state index contributed by atoms with van der Waals surface area (Å²) in [6.07, 6.45) is 3.62. The number of benzene rings is 1. The van der Waals surface area contributed by atoms with Gasteiger partial charge in [0.05, 0.1) is 4.90 Å². The first-order valence-corrected chi connectivity index (χ1v) is 9.47. The summed E-state index contributed by atoms with van der Waals surface area (Å²) in [5.41, 5.74) is 0.455. The fraction of sp³-hybridized carbons (Fsp3) is 0.500. The van der Waals surface area contributed by atoms with E-state index >= 15 is 0 Å². The lowest BCUT2D eigenvalue weighted by molar-refractivity contribution is -0.137. The van der Waals surface area contributed by atoms with Crippen molar-refractivity contribution in [3.63, 3.8) is 0 Å². The first-order chi connectivity index (χ1) is 10.8. The van der Waals surface area contributed by atoms with E-state index in [9.17, 15) is 18.0 Å². The molecule has 2 rings (SSSR count). The Hall–Kier alpha value is -1.89. The molecule has 1 aliphatic rings. The Morgan fingerprint density at radius 1 is 1.26 bits per heavy atom. The van der Waals surface area contributed by atoms with Crippen LogP contribution in [-0.4, -0.2) is 49.6 Å². The summed E-state index contributed by atoms with van der Waals surface area (Å²) in [4.78, 5) is 25.1. The van der Waals surface area contributed by atoms with Crippen molar-refractivity contribution in [3.8, 4) is 0 Å². The monoisotopic (exact) mass is 339 g/mol. The lowest BCUT2D eigenvalue weighted by Crippen LogP contribution is -2.40. The van der Waals surface area contributed by atoms with Crippen molar-refractivity contribution in [2.75, 3.05) is 19.3 Å². The van der Waals surface area contributed by atoms with Crippen molar-refractivity contribution in [2.24, 2.45) is 5.92 Å². The molecule has 0 unspecified atom stereocenters. The molecule has 1 N–H and O–H groups in total. The molecule has 1 fully saturated rings. The minimum Gasteiger partial charge on any atom is -0.481 e. The molecule has 1 amide bonds. The van der Waals surface area contributed by atoms with Gasteiger partial charge in [-0.2, -0.15) is 0 Å². The van der Waals surface area contributed by atoms with Crippen LogP contribution < -0.4 is 0 Å². The summed E-state index contributed by atoms with van der Waals surface area (Å²) in [6.45, 7) is 1.20. The summed E-state index contributed by atoms with van der Waals surface area (Å²) < 4.78 is 22.9. The van der Waals surface area contributed by atoms with Crippen LogP contribution in [0.2, 0.25) is 0 Å². The molecule has 23 heavy (non-hydrogen) atoms. The van der Waals surface area contributed by atoms with Gasteiger partial charge >= 0.3 is 5.97 Å². The number of carboxylic acid groups (broad SMARTS) is 1. The molecule has 0 spiro atoms. The lowest BCUT2D eigenvalue weighted by atomic mass is 9.93. The molecule has 126 valence electrons. The average molecular weight is 339 g/mol. The lowest BCUT2D eigenvalue weighted by Gasteiger charge is -2.32. The normalized spacial score (nSPS) is 18.7. The number of carboxylic acids is 1. The van der Waals surface area contributed by atoms with Crippen molar-refractivity contribution in [1.82, 2.24) is 4.90 Å². The predicted octanol–water partition coefficient (Wildman–Crippen LogP) is 1.81. The van der Waals surface area contributed by atoms with Crippen molar-refractivity contribution in [3.05, 3.63) is 29.8 Å². The van der Waals surface area contributed by atoms with Crippen LogP contribution in [0.4, 0.5) is 0 Å². The van der Waals surface area contributed by atoms with E-state index in [1.165, 1.54) is 24.3 Å². The number of carbonyl (C=O) groups is 2. The zero-order valence-electron chi connectivity index (χ0n) is 13.1. The number of sulfone groups is 1. The van der Waals surface area contributed by atoms with Gasteiger partial charge in [0.15, 0.2) is 9.84 Å². The minimum atomic E-state index is -3.27. The Morgan fingerprint density at radius 2 is 1.91 bits per heavy atom. The molecule has 1 heterocycles. The van der Waals surface area contributed by atoms with Crippen molar-refractivity contribution >= 4 is 21.7 Å². The van der Waals surface area contributed by atoms with Gasteiger partial charge in [-0.25, -0.2) is 8.42 Å². The Labute approximate surface area is 136 Å². The van der Waals surface area contributed by atoms with Crippen molar-refractivity contribution in [2.45, 2.75) is 30.6 Å². The molecule has 1 atom stereocenters. The summed E-state index contributed by atoms with van der Waals surface area (Å²) >= 11 is 0. The van der Waals surface area contributed by atoms with E-state index in [4.69, 9.17) is 5.11 Å². The Balaban J connectivity index is 2.03. The van der Waals surface area contributed by atoms with Crippen LogP contribution in [0, 0.1) is 5.92 Å². The number of hydrogen-bond donors (Lipinski definition) is 1. The third-order valence-electron chi connectivity index (χ3n) is 4.10. The molecule has 0 aromatic heterocycles. The first kappa shape index (κ1) is 17.5. The molecule has 1 aromatic carbocycles. The third kappa shape index (κ3) is 4.79. The van der Waals surface area contributed by atoms with Crippen LogP contribution >= 0.6 is 0 Å². The van der Waals surface area contributed by atoms with Crippen molar-refractivity contribution < 1.29 is 23.1 Å². The number of likely N-dealkylation sites (tertiary alicyclic amines) is 1. The highest BCUT2D eigenvalue weighted by atomic mass is 32.2. The van der Waals surface area contributed by atoms with Gasteiger partial charge in [-0.1, -0.05) is 0 Å². The fourth-order valence-electron chi connectivity index (χ4n) is 2.84. The van der Waals surface area contributed by atoms with E-state index in [2.05, 4.69) is 0 Å². The van der Waals surface area contributed by atoms with Gasteiger partial charge in [0.25, 0.3) is 5.91 Å². The topological polar surface area (TPSA) is 91.8 Å². The van der Waals surface area contributed by atoms with E-state index in [0.717, 1.165) is 19.1 Å². The van der Waals surface area contributed by atoms with Gasteiger partial charge in [0.2, 0.25) is 0 Å². The van der Waals surface area contributed by atoms with E-state index in [1.54, 1.807) is 4.90 Å². The summed E-state index contributed by atoms with van der Waals surface area (Å²) in [5.74, 6) is -0.742. The largest absolute Gasteiger partial charge is 0.481 e. The zero-order valence-corrected chi connectivity index (χ0v) is 13.9. The van der Waals surface area contributed by atoms with Gasteiger partial charge in [0, 0.05) is 31.3 Å². The van der Waals surface area contributed by atoms with E-state index in [1.807, 2.05) is 0 Å². The highest BCUT2D eigenvalue weighted by Crippen LogP contribution is 2.23. The van der Waals surface area contributed by atoms with Crippen LogP contribution in [0.15, 0.2) is 29.2 Å². The minimum absolute atomic E-state index is 0.121. The molecule has 7 heteroatoms. The molecule has 6 nitrogen and oxygen atoms in total. The van der Waals surface area contributed by atoms with Gasteiger partial charge in [-0.3, -0.25) is 9.59 Å². The number of rotatable bonds is 5. The van der Waals surface area contributed by atoms with E-state index in [0.29, 0.717) is 25.1 Å². The molecule has 1 aliphatic heterocycles. The van der Waals surface area contributed by atoms with Gasteiger partial charge < -0.3 is 10.0 Å². The Morgan fingerprint density at radius 3 is 2.48 bits per heavy atom. The first-order valence-electron chi connectivity index (χ1n) is 7.58. The maximum absolute atomic E-state index is 12.5. The SMILES string of the molecule is CS(=O)(=O)c1ccc(C(=O)N2CCC[C@H](CCC(=O)O)C2)cc1. The molecule has 1 aromatic rings. The second-order valence-corrected chi connectivity index (χ2v) is 8.00. The fourth-order valence-corrected chi connectivity index (χ4v) is 3.47. The highest BCUT2D eigenvalue weighted by Gasteiger charge is 2.25. The number of piperidine rings is 1. The molecule has 0 radical (unpaired) electrons. The maximum Gasteiger partial charge on any atom is 0.303 e. The number of nitrogens with zero attached hydrogens (tertiary/aromatic N) is 1. The summed E-state index contributed by atoms with van der Waals surface area (Å²) in [7, 11) is -3.27. The van der Waals surface area contributed by atoms with Crippen LogP contribution in [0.25, 0.3) is 0 Å². The second-order valence-electron chi connectivity index (χ2n) is 5.99. The molecule has 0 saturated carbocycles. The van der Waals surface area contributed by atoms with Crippen LogP contribution in [0.5, 0.6) is 0 Å². The zero-order chi connectivity index (χ0) is 17.0. The molecule has 1 saturated heterocycles. The van der Waals surface area contributed by atoms with Gasteiger partial charge in [0.1, 0.15) is 0 Å². The van der Waals surface area contributed by atoms with Crippen LogP contribution in [0.3, 0.4) is 0 Å². The number of aliphatic carboxylic acids is 1. The highest BCUT2D eigenvalue weighted by molar-refractivity contribution is 7.90. The smallest absolute Gasteiger partial charge is 0.303 e. The van der Waals surface area contributed by atoms with Crippen LogP contribution in [0.1, 0.15) is 36.0 Å². The molecular formula is C16H21NO5S. The van der Waals surface area contributed by atoms with Gasteiger partial charge in [-0.15, -0.1) is 0 Å².